The summed E-state index contributed by atoms with van der Waals surface area (Å²) in [6.07, 6.45) is 0.0172. The number of fused-ring (bicyclic) bond motifs is 1. The van der Waals surface area contributed by atoms with Crippen LogP contribution in [0.25, 0.3) is 0 Å². The Morgan fingerprint density at radius 1 is 1.33 bits per heavy atom. The third-order valence-corrected chi connectivity index (χ3v) is 4.94. The van der Waals surface area contributed by atoms with E-state index in [4.69, 9.17) is 14.2 Å². The fourth-order valence-corrected chi connectivity index (χ4v) is 3.82. The van der Waals surface area contributed by atoms with Crippen molar-refractivity contribution in [1.82, 2.24) is 0 Å². The van der Waals surface area contributed by atoms with Gasteiger partial charge in [0.1, 0.15) is 18.1 Å². The Morgan fingerprint density at radius 2 is 2.10 bits per heavy atom. The standard InChI is InChI=1S/C12H16O8S/c13-11(18-3-1-2-4-21(15,16)17)8-6-5-7-10(19-6)9(8)12(14)20-7/h6-10H,1-5H2,(H,15,16,17)/p-1. The molecule has 0 aromatic rings. The second kappa shape index (κ2) is 5.22. The second-order valence-corrected chi connectivity index (χ2v) is 7.06. The molecule has 0 saturated carbocycles. The van der Waals surface area contributed by atoms with Gasteiger partial charge in [-0.15, -0.1) is 0 Å². The lowest BCUT2D eigenvalue weighted by atomic mass is 9.80. The average molecular weight is 319 g/mol. The summed E-state index contributed by atoms with van der Waals surface area (Å²) >= 11 is 0. The predicted molar refractivity (Wildman–Crippen MR) is 64.9 cm³/mol. The van der Waals surface area contributed by atoms with E-state index in [0.717, 1.165) is 0 Å². The lowest BCUT2D eigenvalue weighted by molar-refractivity contribution is -0.155. The lowest BCUT2D eigenvalue weighted by Gasteiger charge is -2.19. The molecular weight excluding hydrogens is 304 g/mol. The van der Waals surface area contributed by atoms with Crippen molar-refractivity contribution in [3.8, 4) is 0 Å². The number of esters is 2. The van der Waals surface area contributed by atoms with Crippen molar-refractivity contribution in [1.29, 1.82) is 0 Å². The monoisotopic (exact) mass is 319 g/mol. The van der Waals surface area contributed by atoms with Gasteiger partial charge >= 0.3 is 11.9 Å². The zero-order valence-corrected chi connectivity index (χ0v) is 11.9. The van der Waals surface area contributed by atoms with E-state index in [-0.39, 0.29) is 37.8 Å². The molecule has 0 N–H and O–H groups in total. The van der Waals surface area contributed by atoms with Crippen LogP contribution in [0.3, 0.4) is 0 Å². The molecule has 0 amide bonds. The minimum atomic E-state index is -4.23. The number of hydrogen-bond donors (Lipinski definition) is 0. The molecule has 3 rings (SSSR count). The number of carbonyl (C=O) groups is 2. The van der Waals surface area contributed by atoms with Gasteiger partial charge in [0.05, 0.1) is 28.7 Å². The molecule has 3 aliphatic heterocycles. The zero-order valence-electron chi connectivity index (χ0n) is 11.1. The normalized spacial score (nSPS) is 36.8. The smallest absolute Gasteiger partial charge is 0.313 e. The average Bonchev–Trinajstić information content (AvgIpc) is 2.97. The van der Waals surface area contributed by atoms with Crippen LogP contribution in [0.4, 0.5) is 0 Å². The highest BCUT2D eigenvalue weighted by molar-refractivity contribution is 7.85. The van der Waals surface area contributed by atoms with Crippen molar-refractivity contribution in [2.75, 3.05) is 12.4 Å². The molecule has 21 heavy (non-hydrogen) atoms. The van der Waals surface area contributed by atoms with Gasteiger partial charge in [0.15, 0.2) is 0 Å². The van der Waals surface area contributed by atoms with Crippen molar-refractivity contribution in [3.05, 3.63) is 0 Å². The van der Waals surface area contributed by atoms with E-state index >= 15 is 0 Å². The Labute approximate surface area is 121 Å². The molecule has 0 aromatic carbocycles. The van der Waals surface area contributed by atoms with Crippen LogP contribution in [-0.4, -0.2) is 55.6 Å². The SMILES string of the molecule is O=C(OCCCCS(=O)(=O)[O-])C1C2CC3OC(=O)C1C3O2. The van der Waals surface area contributed by atoms with Gasteiger partial charge in [0.2, 0.25) is 0 Å². The molecule has 3 saturated heterocycles. The summed E-state index contributed by atoms with van der Waals surface area (Å²) in [5.41, 5.74) is 0. The van der Waals surface area contributed by atoms with E-state index in [1.165, 1.54) is 0 Å². The van der Waals surface area contributed by atoms with Crippen LogP contribution in [0.5, 0.6) is 0 Å². The van der Waals surface area contributed by atoms with Crippen molar-refractivity contribution in [3.63, 3.8) is 0 Å². The molecule has 0 aliphatic carbocycles. The van der Waals surface area contributed by atoms with Gasteiger partial charge in [-0.25, -0.2) is 8.42 Å². The van der Waals surface area contributed by atoms with E-state index < -0.39 is 39.6 Å². The zero-order chi connectivity index (χ0) is 15.2. The van der Waals surface area contributed by atoms with Crippen molar-refractivity contribution >= 4 is 22.1 Å². The Balaban J connectivity index is 1.47. The Morgan fingerprint density at radius 3 is 2.81 bits per heavy atom. The molecule has 0 radical (unpaired) electrons. The Hall–Kier alpha value is -1.19. The van der Waals surface area contributed by atoms with Crippen LogP contribution in [0, 0.1) is 11.8 Å². The Kier molecular flexibility index (Phi) is 3.66. The first kappa shape index (κ1) is 14.7. The van der Waals surface area contributed by atoms with Gasteiger partial charge in [-0.3, -0.25) is 9.59 Å². The third-order valence-electron chi connectivity index (χ3n) is 4.15. The van der Waals surface area contributed by atoms with Gasteiger partial charge in [0.25, 0.3) is 0 Å². The maximum atomic E-state index is 12.0. The highest BCUT2D eigenvalue weighted by Crippen LogP contribution is 2.50. The van der Waals surface area contributed by atoms with E-state index in [0.29, 0.717) is 6.42 Å². The van der Waals surface area contributed by atoms with Crippen LogP contribution < -0.4 is 0 Å². The summed E-state index contributed by atoms with van der Waals surface area (Å²) in [5.74, 6) is -2.62. The van der Waals surface area contributed by atoms with Crippen LogP contribution in [-0.2, 0) is 33.9 Å². The second-order valence-electron chi connectivity index (χ2n) is 5.54. The van der Waals surface area contributed by atoms with Gasteiger partial charge in [-0.1, -0.05) is 0 Å². The maximum Gasteiger partial charge on any atom is 0.313 e. The maximum absolute atomic E-state index is 12.0. The molecule has 5 unspecified atom stereocenters. The molecule has 3 heterocycles. The van der Waals surface area contributed by atoms with Gasteiger partial charge in [0, 0.05) is 12.2 Å². The van der Waals surface area contributed by atoms with E-state index in [9.17, 15) is 22.6 Å². The molecule has 9 heteroatoms. The molecular formula is C12H15O8S-. The lowest BCUT2D eigenvalue weighted by Crippen LogP contribution is -2.37. The summed E-state index contributed by atoms with van der Waals surface area (Å²) in [5, 5.41) is 0. The first-order chi connectivity index (χ1) is 9.87. The van der Waals surface area contributed by atoms with E-state index in [1.54, 1.807) is 0 Å². The molecule has 0 spiro atoms. The van der Waals surface area contributed by atoms with E-state index in [2.05, 4.69) is 0 Å². The predicted octanol–water partition coefficient (Wildman–Crippen LogP) is -0.816. The molecule has 3 fully saturated rings. The van der Waals surface area contributed by atoms with Crippen molar-refractivity contribution < 1.29 is 36.8 Å². The Bertz CT molecular complexity index is 554. The molecule has 0 aromatic heterocycles. The summed E-state index contributed by atoms with van der Waals surface area (Å²) in [7, 11) is -4.23. The summed E-state index contributed by atoms with van der Waals surface area (Å²) in [6, 6.07) is 0. The number of rotatable bonds is 6. The van der Waals surface area contributed by atoms with E-state index in [1.807, 2.05) is 0 Å². The molecule has 2 bridgehead atoms. The quantitative estimate of drug-likeness (QED) is 0.354. The van der Waals surface area contributed by atoms with Crippen LogP contribution >= 0.6 is 0 Å². The first-order valence-corrected chi connectivity index (χ1v) is 8.41. The summed E-state index contributed by atoms with van der Waals surface area (Å²) in [6.45, 7) is 0.0213. The van der Waals surface area contributed by atoms with Gasteiger partial charge in [-0.2, -0.15) is 0 Å². The highest BCUT2D eigenvalue weighted by atomic mass is 32.2. The minimum Gasteiger partial charge on any atom is -0.748 e. The fourth-order valence-electron chi connectivity index (χ4n) is 3.26. The van der Waals surface area contributed by atoms with Crippen molar-refractivity contribution in [2.24, 2.45) is 11.8 Å². The van der Waals surface area contributed by atoms with Crippen LogP contribution in [0.15, 0.2) is 0 Å². The topological polar surface area (TPSA) is 119 Å². The van der Waals surface area contributed by atoms with Crippen LogP contribution in [0.1, 0.15) is 19.3 Å². The molecule has 118 valence electrons. The first-order valence-electron chi connectivity index (χ1n) is 6.83. The number of unbranched alkanes of at least 4 members (excludes halogenated alkanes) is 1. The number of ether oxygens (including phenoxy) is 3. The fraction of sp³-hybridized carbons (Fsp3) is 0.833. The third kappa shape index (κ3) is 2.77. The number of carbonyl (C=O) groups excluding carboxylic acids is 2. The van der Waals surface area contributed by atoms with Crippen LogP contribution in [0.2, 0.25) is 0 Å². The van der Waals surface area contributed by atoms with Crippen molar-refractivity contribution in [2.45, 2.75) is 37.6 Å². The molecule has 5 atom stereocenters. The minimum absolute atomic E-state index is 0.0213. The largest absolute Gasteiger partial charge is 0.748 e. The highest BCUT2D eigenvalue weighted by Gasteiger charge is 2.66. The summed E-state index contributed by atoms with van der Waals surface area (Å²) in [4.78, 5) is 23.7. The number of hydrogen-bond acceptors (Lipinski definition) is 8. The molecule has 8 nitrogen and oxygen atoms in total. The van der Waals surface area contributed by atoms with Gasteiger partial charge in [-0.05, 0) is 12.8 Å². The van der Waals surface area contributed by atoms with Gasteiger partial charge < -0.3 is 18.8 Å². The summed E-state index contributed by atoms with van der Waals surface area (Å²) < 4.78 is 47.0. The molecule has 3 aliphatic rings.